The molecule has 0 aromatic rings. The van der Waals surface area contributed by atoms with E-state index in [0.29, 0.717) is 6.61 Å². The Morgan fingerprint density at radius 1 is 1.64 bits per heavy atom. The summed E-state index contributed by atoms with van der Waals surface area (Å²) >= 11 is 1.02. The van der Waals surface area contributed by atoms with Crippen molar-refractivity contribution in [2.24, 2.45) is 5.41 Å². The van der Waals surface area contributed by atoms with Crippen LogP contribution < -0.4 is 0 Å². The van der Waals surface area contributed by atoms with E-state index in [1.54, 1.807) is 0 Å². The van der Waals surface area contributed by atoms with E-state index in [9.17, 15) is 4.79 Å². The van der Waals surface area contributed by atoms with Crippen LogP contribution in [0.5, 0.6) is 0 Å². The minimum Gasteiger partial charge on any atom is -0.465 e. The third-order valence-electron chi connectivity index (χ3n) is 1.13. The topological polar surface area (TPSA) is 26.3 Å². The van der Waals surface area contributed by atoms with Gasteiger partial charge in [-0.15, -0.1) is 0 Å². The molecule has 0 aliphatic carbocycles. The zero-order valence-electron chi connectivity index (χ0n) is 8.35. The normalized spacial score (nSPS) is 12.5. The van der Waals surface area contributed by atoms with Crippen LogP contribution in [0, 0.1) is 5.41 Å². The van der Waals surface area contributed by atoms with Gasteiger partial charge in [0.25, 0.3) is 0 Å². The van der Waals surface area contributed by atoms with Gasteiger partial charge in [0.15, 0.2) is 0 Å². The van der Waals surface area contributed by atoms with Crippen molar-refractivity contribution in [1.29, 1.82) is 1.12 Å². The predicted molar refractivity (Wildman–Crippen MR) is 48.9 cm³/mol. The molecule has 0 N–H and O–H groups in total. The van der Waals surface area contributed by atoms with E-state index >= 15 is 0 Å². The fraction of sp³-hybridized carbons (Fsp3) is 0.875. The summed E-state index contributed by atoms with van der Waals surface area (Å²) in [6.07, 6.45) is 0.760. The van der Waals surface area contributed by atoms with Gasteiger partial charge in [-0.3, -0.25) is 4.79 Å². The molecule has 0 spiro atoms. The van der Waals surface area contributed by atoms with Crippen LogP contribution in [0.3, 0.4) is 0 Å². The van der Waals surface area contributed by atoms with Gasteiger partial charge in [-0.2, -0.15) is 12.5 Å². The lowest BCUT2D eigenvalue weighted by Gasteiger charge is -2.15. The number of thiol groups is 1. The fourth-order valence-corrected chi connectivity index (χ4v) is 0.558. The minimum absolute atomic E-state index is 0.169. The van der Waals surface area contributed by atoms with Gasteiger partial charge in [0.05, 0.1) is 12.0 Å². The number of carbonyl (C=O) groups is 1. The summed E-state index contributed by atoms with van der Waals surface area (Å²) in [5, 5.41) is 0. The monoisotopic (exact) mass is 178 g/mol. The maximum Gasteiger partial charge on any atom is 0.311 e. The van der Waals surface area contributed by atoms with Crippen molar-refractivity contribution in [3.8, 4) is 0 Å². The minimum atomic E-state index is -0.409. The third-order valence-corrected chi connectivity index (χ3v) is 1.42. The largest absolute Gasteiger partial charge is 0.465 e. The highest BCUT2D eigenvalue weighted by Crippen LogP contribution is 2.14. The maximum atomic E-state index is 11.2. The highest BCUT2D eigenvalue weighted by Gasteiger charge is 2.22. The molecule has 0 saturated carbocycles. The molecular formula is C8H16O2S. The number of hydrogen-bond acceptors (Lipinski definition) is 3. The molecule has 0 amide bonds. The summed E-state index contributed by atoms with van der Waals surface area (Å²) in [6, 6.07) is 0. The van der Waals surface area contributed by atoms with Gasteiger partial charge in [-0.1, -0.05) is 0 Å². The van der Waals surface area contributed by atoms with Crippen LogP contribution in [0.25, 0.3) is 0 Å². The second-order valence-corrected chi connectivity index (χ2v) is 3.85. The average Bonchev–Trinajstić information content (AvgIpc) is 1.96. The van der Waals surface area contributed by atoms with Gasteiger partial charge in [-0.25, -0.2) is 0 Å². The SMILES string of the molecule is [3H]SCCCOC(=O)C(C)(C)C. The molecule has 0 aromatic heterocycles. The first kappa shape index (κ1) is 8.91. The molecule has 3 heteroatoms. The zero-order chi connectivity index (χ0) is 9.61. The summed E-state index contributed by atoms with van der Waals surface area (Å²) in [5.74, 6) is 0.551. The molecule has 66 valence electrons. The number of carbonyl (C=O) groups excluding carboxylic acids is 1. The maximum absolute atomic E-state index is 11.2. The Balaban J connectivity index is 3.45. The van der Waals surface area contributed by atoms with E-state index in [1.807, 2.05) is 20.8 Å². The van der Waals surface area contributed by atoms with Crippen molar-refractivity contribution in [1.82, 2.24) is 0 Å². The molecule has 0 aliphatic heterocycles. The standard InChI is InChI=1S/C8H16O2S/c1-8(2,3)7(9)10-5-4-6-11/h11H,4-6H2,1-3H3/i/hT. The van der Waals surface area contributed by atoms with Crippen molar-refractivity contribution in [2.45, 2.75) is 27.2 Å². The Kier molecular flexibility index (Phi) is 3.77. The third kappa shape index (κ3) is 5.13. The molecule has 0 saturated heterocycles. The van der Waals surface area contributed by atoms with Gasteiger partial charge in [0.1, 0.15) is 1.12 Å². The Hall–Kier alpha value is -0.180. The quantitative estimate of drug-likeness (QED) is 0.404. The van der Waals surface area contributed by atoms with E-state index in [-0.39, 0.29) is 5.97 Å². The average molecular weight is 178 g/mol. The fourth-order valence-electron chi connectivity index (χ4n) is 0.440. The van der Waals surface area contributed by atoms with E-state index < -0.39 is 5.41 Å². The molecule has 0 radical (unpaired) electrons. The van der Waals surface area contributed by atoms with Gasteiger partial charge < -0.3 is 4.74 Å². The van der Waals surface area contributed by atoms with E-state index in [1.165, 1.54) is 0 Å². The molecule has 0 aliphatic rings. The lowest BCUT2D eigenvalue weighted by Crippen LogP contribution is -2.23. The lowest BCUT2D eigenvalue weighted by atomic mass is 9.97. The second-order valence-electron chi connectivity index (χ2n) is 3.44. The molecule has 0 unspecified atom stereocenters. The highest BCUT2D eigenvalue weighted by atomic mass is 32.1. The van der Waals surface area contributed by atoms with Crippen molar-refractivity contribution in [3.05, 3.63) is 0 Å². The van der Waals surface area contributed by atoms with Crippen molar-refractivity contribution < 1.29 is 9.53 Å². The van der Waals surface area contributed by atoms with Crippen LogP contribution in [0.15, 0.2) is 0 Å². The molecule has 0 aromatic carbocycles. The van der Waals surface area contributed by atoms with Gasteiger partial charge in [-0.05, 0) is 32.9 Å². The van der Waals surface area contributed by atoms with Crippen LogP contribution >= 0.6 is 12.5 Å². The van der Waals surface area contributed by atoms with Crippen LogP contribution in [0.4, 0.5) is 0 Å². The number of ether oxygens (including phenoxy) is 1. The van der Waals surface area contributed by atoms with E-state index in [2.05, 4.69) is 0 Å². The molecule has 0 rings (SSSR count). The second kappa shape index (κ2) is 4.65. The van der Waals surface area contributed by atoms with Crippen LogP contribution in [-0.4, -0.2) is 19.5 Å². The first-order valence-electron chi connectivity index (χ1n) is 4.14. The highest BCUT2D eigenvalue weighted by molar-refractivity contribution is 7.80. The number of hydrogen-bond donors (Lipinski definition) is 1. The molecule has 11 heavy (non-hydrogen) atoms. The Morgan fingerprint density at radius 3 is 2.73 bits per heavy atom. The van der Waals surface area contributed by atoms with Crippen LogP contribution in [0.2, 0.25) is 0 Å². The van der Waals surface area contributed by atoms with Crippen LogP contribution in [0.1, 0.15) is 27.2 Å². The first-order valence-corrected chi connectivity index (χ1v) is 4.31. The summed E-state index contributed by atoms with van der Waals surface area (Å²) in [7, 11) is 0. The van der Waals surface area contributed by atoms with Crippen molar-refractivity contribution in [2.75, 3.05) is 12.4 Å². The molecule has 0 atom stereocenters. The number of esters is 1. The van der Waals surface area contributed by atoms with Gasteiger partial charge in [0.2, 0.25) is 0 Å². The lowest BCUT2D eigenvalue weighted by molar-refractivity contribution is -0.152. The van der Waals surface area contributed by atoms with Crippen molar-refractivity contribution in [3.63, 3.8) is 0 Å². The van der Waals surface area contributed by atoms with E-state index in [4.69, 9.17) is 5.86 Å². The Labute approximate surface area is 74.8 Å². The zero-order valence-corrected chi connectivity index (χ0v) is 8.16. The summed E-state index contributed by atoms with van der Waals surface area (Å²) in [5.41, 5.74) is -0.409. The summed E-state index contributed by atoms with van der Waals surface area (Å²) in [4.78, 5) is 11.2. The van der Waals surface area contributed by atoms with Crippen LogP contribution in [-0.2, 0) is 9.53 Å². The van der Waals surface area contributed by atoms with Gasteiger partial charge >= 0.3 is 5.97 Å². The number of rotatable bonds is 4. The molecule has 0 fully saturated rings. The Bertz CT molecular complexity index is 142. The molecular weight excluding hydrogens is 160 g/mol. The first-order chi connectivity index (χ1) is 5.48. The smallest absolute Gasteiger partial charge is 0.311 e. The summed E-state index contributed by atoms with van der Waals surface area (Å²) < 4.78 is 11.8. The predicted octanol–water partition coefficient (Wildman–Crippen LogP) is 1.90. The van der Waals surface area contributed by atoms with Gasteiger partial charge in [0, 0.05) is 0 Å². The molecule has 2 nitrogen and oxygen atoms in total. The molecule has 0 heterocycles. The van der Waals surface area contributed by atoms with E-state index in [0.717, 1.165) is 24.7 Å². The van der Waals surface area contributed by atoms with Crippen molar-refractivity contribution >= 4 is 18.5 Å². The summed E-state index contributed by atoms with van der Waals surface area (Å²) in [6.45, 7) is 5.92. The Morgan fingerprint density at radius 2 is 2.27 bits per heavy atom. The molecule has 0 bridgehead atoms.